The summed E-state index contributed by atoms with van der Waals surface area (Å²) < 4.78 is 15.2. The first-order valence-electron chi connectivity index (χ1n) is 10.7. The molecule has 0 bridgehead atoms. The van der Waals surface area contributed by atoms with Crippen molar-refractivity contribution in [3.63, 3.8) is 0 Å². The first kappa shape index (κ1) is 19.4. The van der Waals surface area contributed by atoms with E-state index in [2.05, 4.69) is 28.3 Å². The first-order valence-corrected chi connectivity index (χ1v) is 11.1. The number of hydrogen-bond donors (Lipinski definition) is 0. The highest BCUT2D eigenvalue weighted by Gasteiger charge is 2.52. The van der Waals surface area contributed by atoms with Crippen LogP contribution in [0.4, 0.5) is 0 Å². The van der Waals surface area contributed by atoms with Crippen LogP contribution in [0.3, 0.4) is 0 Å². The van der Waals surface area contributed by atoms with Gasteiger partial charge in [0.2, 0.25) is 0 Å². The summed E-state index contributed by atoms with van der Waals surface area (Å²) in [4.78, 5) is 6.71. The van der Waals surface area contributed by atoms with Gasteiger partial charge in [0.1, 0.15) is 11.4 Å². The molecule has 0 unspecified atom stereocenters. The number of piperidine rings is 1. The summed E-state index contributed by atoms with van der Waals surface area (Å²) in [6.45, 7) is 9.63. The summed E-state index contributed by atoms with van der Waals surface area (Å²) >= 11 is 6.28. The second kappa shape index (κ2) is 7.29. The Morgan fingerprint density at radius 1 is 1.21 bits per heavy atom. The molecule has 0 saturated carbocycles. The molecule has 0 aliphatic carbocycles. The van der Waals surface area contributed by atoms with Gasteiger partial charge in [0, 0.05) is 42.0 Å². The number of rotatable bonds is 3. The molecule has 156 valence electrons. The molecule has 0 radical (unpaired) electrons. The fourth-order valence-corrected chi connectivity index (χ4v) is 5.58. The van der Waals surface area contributed by atoms with Crippen LogP contribution in [0, 0.1) is 11.3 Å². The van der Waals surface area contributed by atoms with Crippen LogP contribution in [0.15, 0.2) is 36.9 Å². The lowest BCUT2D eigenvalue weighted by molar-refractivity contribution is -0.174. The third-order valence-corrected chi connectivity index (χ3v) is 7.52. The second-order valence-corrected chi connectivity index (χ2v) is 10.0. The van der Waals surface area contributed by atoms with Gasteiger partial charge >= 0.3 is 0 Å². The maximum atomic E-state index is 6.58. The largest absolute Gasteiger partial charge is 0.487 e. The van der Waals surface area contributed by atoms with Crippen LogP contribution < -0.4 is 4.74 Å². The van der Waals surface area contributed by atoms with Crippen LogP contribution in [-0.2, 0) is 11.3 Å². The minimum Gasteiger partial charge on any atom is -0.487 e. The van der Waals surface area contributed by atoms with E-state index in [0.29, 0.717) is 5.92 Å². The molecular formula is C23H30ClN3O2. The average molecular weight is 416 g/mol. The topological polar surface area (TPSA) is 39.5 Å². The summed E-state index contributed by atoms with van der Waals surface area (Å²) in [7, 11) is 0. The molecule has 2 aromatic rings. The van der Waals surface area contributed by atoms with Crippen LogP contribution in [0.5, 0.6) is 5.75 Å². The zero-order valence-corrected chi connectivity index (χ0v) is 18.1. The molecular weight excluding hydrogens is 386 g/mol. The molecule has 1 spiro atoms. The Bertz CT molecular complexity index is 859. The molecule has 3 aliphatic heterocycles. The molecule has 1 aromatic heterocycles. The van der Waals surface area contributed by atoms with Gasteiger partial charge in [-0.1, -0.05) is 11.6 Å². The van der Waals surface area contributed by atoms with E-state index in [9.17, 15) is 0 Å². The van der Waals surface area contributed by atoms with Crippen molar-refractivity contribution in [2.45, 2.75) is 51.4 Å². The van der Waals surface area contributed by atoms with E-state index in [0.717, 1.165) is 55.5 Å². The van der Waals surface area contributed by atoms with E-state index in [1.54, 1.807) is 0 Å². The van der Waals surface area contributed by atoms with E-state index in [1.807, 2.05) is 36.9 Å². The van der Waals surface area contributed by atoms with Crippen molar-refractivity contribution >= 4 is 11.6 Å². The molecule has 0 amide bonds. The number of ether oxygens (including phenoxy) is 2. The van der Waals surface area contributed by atoms with Crippen LogP contribution in [-0.4, -0.2) is 46.3 Å². The molecule has 2 saturated heterocycles. The number of fused-ring (bicyclic) bond motifs is 3. The number of nitrogens with zero attached hydrogens (tertiary/aromatic N) is 3. The van der Waals surface area contributed by atoms with E-state index in [1.165, 1.54) is 12.8 Å². The number of imidazole rings is 1. The number of aromatic nitrogens is 2. The van der Waals surface area contributed by atoms with Gasteiger partial charge < -0.3 is 18.9 Å². The summed E-state index contributed by atoms with van der Waals surface area (Å²) in [5.74, 6) is 1.27. The maximum Gasteiger partial charge on any atom is 0.126 e. The molecule has 5 rings (SSSR count). The normalized spacial score (nSPS) is 27.8. The zero-order valence-electron chi connectivity index (χ0n) is 17.3. The second-order valence-electron chi connectivity index (χ2n) is 9.57. The molecule has 3 aliphatic rings. The Morgan fingerprint density at radius 3 is 2.79 bits per heavy atom. The first-order chi connectivity index (χ1) is 13.9. The van der Waals surface area contributed by atoms with Crippen molar-refractivity contribution in [2.75, 3.05) is 26.2 Å². The van der Waals surface area contributed by atoms with E-state index >= 15 is 0 Å². The molecule has 5 nitrogen and oxygen atoms in total. The number of halogens is 1. The van der Waals surface area contributed by atoms with Crippen molar-refractivity contribution < 1.29 is 9.47 Å². The third kappa shape index (κ3) is 3.69. The third-order valence-electron chi connectivity index (χ3n) is 7.28. The van der Waals surface area contributed by atoms with Gasteiger partial charge in [-0.2, -0.15) is 0 Å². The predicted octanol–water partition coefficient (Wildman–Crippen LogP) is 4.57. The Kier molecular flexibility index (Phi) is 4.88. The fourth-order valence-electron chi connectivity index (χ4n) is 5.40. The Labute approximate surface area is 178 Å². The molecule has 29 heavy (non-hydrogen) atoms. The van der Waals surface area contributed by atoms with Gasteiger partial charge in [-0.25, -0.2) is 4.98 Å². The Hall–Kier alpha value is -1.56. The number of benzene rings is 1. The molecule has 2 atom stereocenters. The van der Waals surface area contributed by atoms with E-state index in [-0.39, 0.29) is 17.1 Å². The van der Waals surface area contributed by atoms with Gasteiger partial charge in [0.15, 0.2) is 0 Å². The van der Waals surface area contributed by atoms with Crippen molar-refractivity contribution in [3.8, 4) is 5.75 Å². The number of hydrogen-bond acceptors (Lipinski definition) is 4. The van der Waals surface area contributed by atoms with Gasteiger partial charge in [-0.05, 0) is 69.8 Å². The van der Waals surface area contributed by atoms with Crippen molar-refractivity contribution in [2.24, 2.45) is 11.3 Å². The van der Waals surface area contributed by atoms with Gasteiger partial charge in [0.05, 0.1) is 19.0 Å². The van der Waals surface area contributed by atoms with Gasteiger partial charge in [-0.15, -0.1) is 0 Å². The van der Waals surface area contributed by atoms with Crippen LogP contribution in [0.25, 0.3) is 0 Å². The minimum atomic E-state index is -0.239. The van der Waals surface area contributed by atoms with E-state index in [4.69, 9.17) is 21.1 Å². The quantitative estimate of drug-likeness (QED) is 0.736. The highest BCUT2D eigenvalue weighted by atomic mass is 35.5. The van der Waals surface area contributed by atoms with Crippen molar-refractivity contribution in [1.82, 2.24) is 14.5 Å². The summed E-state index contributed by atoms with van der Waals surface area (Å²) in [6.07, 6.45) is 9.41. The SMILES string of the molecule is CC1(C)Oc2ccc(Cl)cc2[C@H]2OCC3(CCN(CCn4ccnc4)CC3)C[C@@H]21. The van der Waals surface area contributed by atoms with Crippen LogP contribution in [0.2, 0.25) is 5.02 Å². The monoisotopic (exact) mass is 415 g/mol. The fraction of sp³-hybridized carbons (Fsp3) is 0.609. The Balaban J connectivity index is 1.27. The summed E-state index contributed by atoms with van der Waals surface area (Å²) in [6, 6.07) is 5.92. The summed E-state index contributed by atoms with van der Waals surface area (Å²) in [5, 5.41) is 0.751. The average Bonchev–Trinajstić information content (AvgIpc) is 3.22. The van der Waals surface area contributed by atoms with Crippen LogP contribution in [0.1, 0.15) is 44.8 Å². The van der Waals surface area contributed by atoms with Crippen LogP contribution >= 0.6 is 11.6 Å². The summed E-state index contributed by atoms with van der Waals surface area (Å²) in [5.41, 5.74) is 1.15. The molecule has 1 aromatic carbocycles. The lowest BCUT2D eigenvalue weighted by atomic mass is 9.64. The molecule has 0 N–H and O–H groups in total. The lowest BCUT2D eigenvalue weighted by Crippen LogP contribution is -2.54. The molecule has 4 heterocycles. The van der Waals surface area contributed by atoms with Gasteiger partial charge in [0.25, 0.3) is 0 Å². The highest BCUT2D eigenvalue weighted by Crippen LogP contribution is 2.55. The number of likely N-dealkylation sites (tertiary alicyclic amines) is 1. The standard InChI is InChI=1S/C23H30ClN3O2/c1-22(2)19-14-23(5-8-26(9-6-23)11-12-27-10-7-25-16-27)15-28-21(19)18-13-17(24)3-4-20(18)29-22/h3-4,7,10,13,16,19,21H,5-6,8-9,11-12,14-15H2,1-2H3/t19-,21+/m0/s1. The highest BCUT2D eigenvalue weighted by molar-refractivity contribution is 6.30. The minimum absolute atomic E-state index is 0.0809. The molecule has 6 heteroatoms. The van der Waals surface area contributed by atoms with E-state index < -0.39 is 0 Å². The maximum absolute atomic E-state index is 6.58. The predicted molar refractivity (Wildman–Crippen MR) is 113 cm³/mol. The lowest BCUT2D eigenvalue weighted by Gasteiger charge is -2.54. The smallest absolute Gasteiger partial charge is 0.126 e. The van der Waals surface area contributed by atoms with Gasteiger partial charge in [-0.3, -0.25) is 0 Å². The molecule has 2 fully saturated rings. The van der Waals surface area contributed by atoms with Crippen molar-refractivity contribution in [3.05, 3.63) is 47.5 Å². The Morgan fingerprint density at radius 2 is 2.03 bits per heavy atom. The van der Waals surface area contributed by atoms with Crippen molar-refractivity contribution in [1.29, 1.82) is 0 Å². The zero-order chi connectivity index (χ0) is 20.1.